The quantitative estimate of drug-likeness (QED) is 0.848. The Labute approximate surface area is 122 Å². The zero-order chi connectivity index (χ0) is 13.4. The Hall–Kier alpha value is -1.02. The highest BCUT2D eigenvalue weighted by Gasteiger charge is 2.24. The molecule has 1 fully saturated rings. The predicted molar refractivity (Wildman–Crippen MR) is 78.9 cm³/mol. The standard InChI is InChI=1S/C16H14Cl2O/c17-14-7-6-13(9-15(14)18)16(19)12-3-1-2-11(8-12)10-4-5-10/h1-3,6-10,16,19H,4-5H2. The highest BCUT2D eigenvalue weighted by atomic mass is 35.5. The molecule has 2 aromatic carbocycles. The lowest BCUT2D eigenvalue weighted by Crippen LogP contribution is -2.00. The molecule has 1 atom stereocenters. The largest absolute Gasteiger partial charge is 0.384 e. The second kappa shape index (κ2) is 5.16. The summed E-state index contributed by atoms with van der Waals surface area (Å²) in [5.41, 5.74) is 2.99. The van der Waals surface area contributed by atoms with Gasteiger partial charge in [-0.05, 0) is 47.6 Å². The van der Waals surface area contributed by atoms with Gasteiger partial charge in [0.05, 0.1) is 10.0 Å². The Morgan fingerprint density at radius 1 is 0.947 bits per heavy atom. The van der Waals surface area contributed by atoms with Crippen molar-refractivity contribution in [3.8, 4) is 0 Å². The van der Waals surface area contributed by atoms with Crippen LogP contribution < -0.4 is 0 Å². The minimum absolute atomic E-state index is 0.469. The van der Waals surface area contributed by atoms with E-state index in [0.29, 0.717) is 16.0 Å². The summed E-state index contributed by atoms with van der Waals surface area (Å²) in [5, 5.41) is 11.4. The van der Waals surface area contributed by atoms with E-state index in [2.05, 4.69) is 12.1 Å². The van der Waals surface area contributed by atoms with Crippen LogP contribution in [0.3, 0.4) is 0 Å². The second-order valence-corrected chi connectivity index (χ2v) is 5.83. The molecule has 3 heteroatoms. The van der Waals surface area contributed by atoms with Crippen molar-refractivity contribution in [2.45, 2.75) is 24.9 Å². The van der Waals surface area contributed by atoms with Gasteiger partial charge in [0, 0.05) is 0 Å². The minimum atomic E-state index is -0.659. The van der Waals surface area contributed by atoms with E-state index in [1.165, 1.54) is 18.4 Å². The Kier molecular flexibility index (Phi) is 3.53. The lowest BCUT2D eigenvalue weighted by Gasteiger charge is -2.13. The average Bonchev–Trinajstić information content (AvgIpc) is 3.26. The summed E-state index contributed by atoms with van der Waals surface area (Å²) < 4.78 is 0. The summed E-state index contributed by atoms with van der Waals surface area (Å²) in [5.74, 6) is 0.681. The molecule has 1 nitrogen and oxygen atoms in total. The normalized spacial score (nSPS) is 16.4. The van der Waals surface area contributed by atoms with E-state index in [0.717, 1.165) is 11.1 Å². The molecule has 0 heterocycles. The molecule has 3 rings (SSSR count). The van der Waals surface area contributed by atoms with E-state index in [4.69, 9.17) is 23.2 Å². The van der Waals surface area contributed by atoms with Crippen LogP contribution in [0.2, 0.25) is 10.0 Å². The van der Waals surface area contributed by atoms with Gasteiger partial charge in [0.2, 0.25) is 0 Å². The molecule has 1 aliphatic rings. The number of aliphatic hydroxyl groups excluding tert-OH is 1. The minimum Gasteiger partial charge on any atom is -0.384 e. The lowest BCUT2D eigenvalue weighted by atomic mass is 9.98. The van der Waals surface area contributed by atoms with Crippen LogP contribution in [0.25, 0.3) is 0 Å². The summed E-state index contributed by atoms with van der Waals surface area (Å²) in [7, 11) is 0. The van der Waals surface area contributed by atoms with E-state index < -0.39 is 6.10 Å². The van der Waals surface area contributed by atoms with E-state index >= 15 is 0 Å². The summed E-state index contributed by atoms with van der Waals surface area (Å²) in [6, 6.07) is 13.4. The molecule has 1 saturated carbocycles. The number of hydrogen-bond acceptors (Lipinski definition) is 1. The van der Waals surface area contributed by atoms with Crippen LogP contribution in [0.4, 0.5) is 0 Å². The van der Waals surface area contributed by atoms with E-state index in [1.807, 2.05) is 18.2 Å². The van der Waals surface area contributed by atoms with E-state index in [1.54, 1.807) is 12.1 Å². The fraction of sp³-hybridized carbons (Fsp3) is 0.250. The maximum absolute atomic E-state index is 10.4. The molecule has 0 aliphatic heterocycles. The van der Waals surface area contributed by atoms with Gasteiger partial charge in [-0.1, -0.05) is 53.5 Å². The maximum atomic E-state index is 10.4. The Bertz CT molecular complexity index is 605. The van der Waals surface area contributed by atoms with Gasteiger partial charge in [-0.3, -0.25) is 0 Å². The zero-order valence-corrected chi connectivity index (χ0v) is 11.8. The molecule has 0 aromatic heterocycles. The molecule has 0 bridgehead atoms. The molecule has 2 aromatic rings. The first kappa shape index (κ1) is 13.0. The van der Waals surface area contributed by atoms with Crippen LogP contribution >= 0.6 is 23.2 Å². The summed E-state index contributed by atoms with van der Waals surface area (Å²) in [6.07, 6.45) is 1.85. The molecule has 0 spiro atoms. The predicted octanol–water partition coefficient (Wildman–Crippen LogP) is 4.95. The smallest absolute Gasteiger partial charge is 0.104 e. The van der Waals surface area contributed by atoms with Gasteiger partial charge < -0.3 is 5.11 Å². The lowest BCUT2D eigenvalue weighted by molar-refractivity contribution is 0.220. The molecule has 1 aliphatic carbocycles. The SMILES string of the molecule is OC(c1cccc(C2CC2)c1)c1ccc(Cl)c(Cl)c1. The van der Waals surface area contributed by atoms with Crippen molar-refractivity contribution in [2.75, 3.05) is 0 Å². The van der Waals surface area contributed by atoms with Gasteiger partial charge in [-0.25, -0.2) is 0 Å². The molecule has 0 saturated heterocycles. The van der Waals surface area contributed by atoms with Crippen molar-refractivity contribution in [3.05, 3.63) is 69.2 Å². The van der Waals surface area contributed by atoms with Gasteiger partial charge in [-0.15, -0.1) is 0 Å². The molecular formula is C16H14Cl2O. The van der Waals surface area contributed by atoms with Gasteiger partial charge >= 0.3 is 0 Å². The molecule has 19 heavy (non-hydrogen) atoms. The van der Waals surface area contributed by atoms with E-state index in [9.17, 15) is 5.11 Å². The molecule has 0 radical (unpaired) electrons. The van der Waals surface area contributed by atoms with Crippen molar-refractivity contribution < 1.29 is 5.11 Å². The van der Waals surface area contributed by atoms with Crippen molar-refractivity contribution in [1.82, 2.24) is 0 Å². The average molecular weight is 293 g/mol. The van der Waals surface area contributed by atoms with Gasteiger partial charge in [0.1, 0.15) is 6.10 Å². The monoisotopic (exact) mass is 292 g/mol. The van der Waals surface area contributed by atoms with Crippen LogP contribution in [0.15, 0.2) is 42.5 Å². The van der Waals surface area contributed by atoms with Crippen molar-refractivity contribution >= 4 is 23.2 Å². The first-order chi connectivity index (χ1) is 9.15. The van der Waals surface area contributed by atoms with Crippen LogP contribution in [-0.2, 0) is 0 Å². The van der Waals surface area contributed by atoms with Crippen LogP contribution in [0.5, 0.6) is 0 Å². The topological polar surface area (TPSA) is 20.2 Å². The highest BCUT2D eigenvalue weighted by molar-refractivity contribution is 6.42. The summed E-state index contributed by atoms with van der Waals surface area (Å²) in [6.45, 7) is 0. The molecular weight excluding hydrogens is 279 g/mol. The fourth-order valence-electron chi connectivity index (χ4n) is 2.27. The fourth-order valence-corrected chi connectivity index (χ4v) is 2.58. The third-order valence-electron chi connectivity index (χ3n) is 3.53. The van der Waals surface area contributed by atoms with Crippen molar-refractivity contribution in [2.24, 2.45) is 0 Å². The van der Waals surface area contributed by atoms with E-state index in [-0.39, 0.29) is 0 Å². The molecule has 1 unspecified atom stereocenters. The summed E-state index contributed by atoms with van der Waals surface area (Å²) in [4.78, 5) is 0. The maximum Gasteiger partial charge on any atom is 0.104 e. The first-order valence-electron chi connectivity index (χ1n) is 6.38. The Morgan fingerprint density at radius 2 is 1.68 bits per heavy atom. The van der Waals surface area contributed by atoms with Crippen LogP contribution in [0.1, 0.15) is 41.6 Å². The van der Waals surface area contributed by atoms with Crippen molar-refractivity contribution in [3.63, 3.8) is 0 Å². The third-order valence-corrected chi connectivity index (χ3v) is 4.27. The zero-order valence-electron chi connectivity index (χ0n) is 10.3. The van der Waals surface area contributed by atoms with Gasteiger partial charge in [-0.2, -0.15) is 0 Å². The molecule has 0 amide bonds. The number of halogens is 2. The van der Waals surface area contributed by atoms with Crippen LogP contribution in [0, 0.1) is 0 Å². The number of hydrogen-bond donors (Lipinski definition) is 1. The third kappa shape index (κ3) is 2.79. The Balaban J connectivity index is 1.91. The number of benzene rings is 2. The number of rotatable bonds is 3. The molecule has 1 N–H and O–H groups in total. The van der Waals surface area contributed by atoms with Gasteiger partial charge in [0.25, 0.3) is 0 Å². The first-order valence-corrected chi connectivity index (χ1v) is 7.13. The van der Waals surface area contributed by atoms with Crippen molar-refractivity contribution in [1.29, 1.82) is 0 Å². The Morgan fingerprint density at radius 3 is 2.37 bits per heavy atom. The molecule has 98 valence electrons. The highest BCUT2D eigenvalue weighted by Crippen LogP contribution is 2.41. The van der Waals surface area contributed by atoms with Crippen LogP contribution in [-0.4, -0.2) is 5.11 Å². The second-order valence-electron chi connectivity index (χ2n) is 5.02. The number of aliphatic hydroxyl groups is 1. The summed E-state index contributed by atoms with van der Waals surface area (Å²) >= 11 is 11.9. The van der Waals surface area contributed by atoms with Gasteiger partial charge in [0.15, 0.2) is 0 Å².